The van der Waals surface area contributed by atoms with Crippen molar-refractivity contribution in [1.82, 2.24) is 0 Å². The van der Waals surface area contributed by atoms with Crippen molar-refractivity contribution in [2.24, 2.45) is 0 Å². The van der Waals surface area contributed by atoms with Crippen LogP contribution in [0.1, 0.15) is 0 Å². The Morgan fingerprint density at radius 3 is 2.33 bits per heavy atom. The van der Waals surface area contributed by atoms with Crippen LogP contribution >= 0.6 is 0 Å². The van der Waals surface area contributed by atoms with E-state index in [0.29, 0.717) is 0 Å². The highest BCUT2D eigenvalue weighted by atomic mass is 17.2. The third-order valence-corrected chi connectivity index (χ3v) is 0.155. The summed E-state index contributed by atoms with van der Waals surface area (Å²) in [6, 6.07) is 0. The van der Waals surface area contributed by atoms with Crippen molar-refractivity contribution in [3.05, 3.63) is 0 Å². The van der Waals surface area contributed by atoms with Crippen molar-refractivity contribution in [2.45, 2.75) is 0 Å². The molecule has 0 radical (unpaired) electrons. The van der Waals surface area contributed by atoms with E-state index in [9.17, 15) is 4.79 Å². The van der Waals surface area contributed by atoms with Crippen molar-refractivity contribution in [3.8, 4) is 0 Å². The van der Waals surface area contributed by atoms with Crippen LogP contribution in [0.3, 0.4) is 0 Å². The smallest absolute Gasteiger partial charge is 0.448 e. The lowest BCUT2D eigenvalue weighted by Gasteiger charge is -1.85. The lowest BCUT2D eigenvalue weighted by atomic mass is 11.4. The SMILES string of the molecule is COOC(=O)O. The molecule has 4 heteroatoms. The summed E-state index contributed by atoms with van der Waals surface area (Å²) in [5.41, 5.74) is 0. The minimum atomic E-state index is -1.43. The van der Waals surface area contributed by atoms with Crippen molar-refractivity contribution < 1.29 is 19.7 Å². The second kappa shape index (κ2) is 2.47. The molecule has 0 aromatic rings. The van der Waals surface area contributed by atoms with Gasteiger partial charge >= 0.3 is 6.16 Å². The average molecular weight is 92.0 g/mol. The molecule has 0 bridgehead atoms. The maximum Gasteiger partial charge on any atom is 0.537 e. The first-order valence-electron chi connectivity index (χ1n) is 1.21. The highest BCUT2D eigenvalue weighted by Gasteiger charge is 1.88. The third-order valence-electron chi connectivity index (χ3n) is 0.155. The lowest BCUT2D eigenvalue weighted by molar-refractivity contribution is -0.226. The van der Waals surface area contributed by atoms with E-state index in [0.717, 1.165) is 7.11 Å². The van der Waals surface area contributed by atoms with E-state index < -0.39 is 6.16 Å². The van der Waals surface area contributed by atoms with E-state index in [1.165, 1.54) is 0 Å². The van der Waals surface area contributed by atoms with E-state index in [1.54, 1.807) is 0 Å². The molecule has 0 aliphatic carbocycles. The second-order valence-corrected chi connectivity index (χ2v) is 0.516. The van der Waals surface area contributed by atoms with Crippen LogP contribution < -0.4 is 0 Å². The summed E-state index contributed by atoms with van der Waals surface area (Å²) >= 11 is 0. The van der Waals surface area contributed by atoms with Gasteiger partial charge in [0, 0.05) is 0 Å². The van der Waals surface area contributed by atoms with Gasteiger partial charge in [-0.2, -0.15) is 4.89 Å². The summed E-state index contributed by atoms with van der Waals surface area (Å²) in [6.07, 6.45) is -1.43. The van der Waals surface area contributed by atoms with Gasteiger partial charge in [0.25, 0.3) is 0 Å². The predicted molar refractivity (Wildman–Crippen MR) is 16.1 cm³/mol. The molecule has 0 heterocycles. The monoisotopic (exact) mass is 92.0 g/mol. The van der Waals surface area contributed by atoms with Crippen molar-refractivity contribution in [2.75, 3.05) is 7.11 Å². The highest BCUT2D eigenvalue weighted by molar-refractivity contribution is 5.55. The van der Waals surface area contributed by atoms with Crippen LogP contribution in [0.4, 0.5) is 4.79 Å². The first kappa shape index (κ1) is 5.23. The van der Waals surface area contributed by atoms with Gasteiger partial charge in [-0.3, -0.25) is 4.89 Å². The molecule has 36 valence electrons. The Morgan fingerprint density at radius 2 is 2.33 bits per heavy atom. The molecule has 0 fully saturated rings. The Kier molecular flexibility index (Phi) is 2.15. The van der Waals surface area contributed by atoms with Crippen LogP contribution in [0, 0.1) is 0 Å². The first-order valence-corrected chi connectivity index (χ1v) is 1.21. The number of rotatable bonds is 1. The van der Waals surface area contributed by atoms with E-state index in [2.05, 4.69) is 9.78 Å². The third kappa shape index (κ3) is 3.23. The molecule has 0 unspecified atom stereocenters. The van der Waals surface area contributed by atoms with Crippen LogP contribution in [-0.2, 0) is 9.78 Å². The predicted octanol–water partition coefficient (Wildman–Crippen LogP) is 0.242. The molecule has 0 aromatic heterocycles. The largest absolute Gasteiger partial charge is 0.537 e. The number of carbonyl (C=O) groups is 1. The Labute approximate surface area is 34.2 Å². The molecule has 0 amide bonds. The van der Waals surface area contributed by atoms with Crippen LogP contribution in [0.5, 0.6) is 0 Å². The van der Waals surface area contributed by atoms with Gasteiger partial charge in [0.1, 0.15) is 0 Å². The van der Waals surface area contributed by atoms with Crippen LogP contribution in [0.15, 0.2) is 0 Å². The number of carboxylic acid groups (broad SMARTS) is 1. The Balaban J connectivity index is 2.83. The minimum Gasteiger partial charge on any atom is -0.448 e. The molecule has 1 N–H and O–H groups in total. The molecule has 0 aliphatic rings. The van der Waals surface area contributed by atoms with E-state index in [-0.39, 0.29) is 0 Å². The number of hydrogen-bond donors (Lipinski definition) is 1. The van der Waals surface area contributed by atoms with Crippen molar-refractivity contribution >= 4 is 6.16 Å². The molecule has 4 nitrogen and oxygen atoms in total. The summed E-state index contributed by atoms with van der Waals surface area (Å²) < 4.78 is 0. The molecule has 0 aliphatic heterocycles. The average Bonchev–Trinajstić information content (AvgIpc) is 1.35. The van der Waals surface area contributed by atoms with Gasteiger partial charge in [0.2, 0.25) is 0 Å². The standard InChI is InChI=1S/C2H4O4/c1-5-6-2(3)4/h1H3,(H,3,4). The molecule has 0 atom stereocenters. The maximum atomic E-state index is 9.25. The zero-order chi connectivity index (χ0) is 4.99. The van der Waals surface area contributed by atoms with Crippen LogP contribution in [0.2, 0.25) is 0 Å². The summed E-state index contributed by atoms with van der Waals surface area (Å²) in [5, 5.41) is 7.57. The van der Waals surface area contributed by atoms with Crippen molar-refractivity contribution in [1.29, 1.82) is 0 Å². The molecular formula is C2H4O4. The normalized spacial score (nSPS) is 7.50. The Bertz CT molecular complexity index is 49.5. The molecule has 0 saturated carbocycles. The van der Waals surface area contributed by atoms with Gasteiger partial charge in [0.15, 0.2) is 0 Å². The fraction of sp³-hybridized carbons (Fsp3) is 0.500. The highest BCUT2D eigenvalue weighted by Crippen LogP contribution is 1.69. The lowest BCUT2D eigenvalue weighted by Crippen LogP contribution is -1.96. The fourth-order valence-corrected chi connectivity index (χ4v) is 0.0713. The summed E-state index contributed by atoms with van der Waals surface area (Å²) in [5.74, 6) is 0. The molecule has 0 spiro atoms. The summed E-state index contributed by atoms with van der Waals surface area (Å²) in [4.78, 5) is 16.4. The molecule has 0 aromatic carbocycles. The summed E-state index contributed by atoms with van der Waals surface area (Å²) in [7, 11) is 1.12. The van der Waals surface area contributed by atoms with E-state index >= 15 is 0 Å². The van der Waals surface area contributed by atoms with Crippen LogP contribution in [0.25, 0.3) is 0 Å². The van der Waals surface area contributed by atoms with Gasteiger partial charge in [-0.15, -0.1) is 0 Å². The topological polar surface area (TPSA) is 55.8 Å². The second-order valence-electron chi connectivity index (χ2n) is 0.516. The molecular weight excluding hydrogens is 88.0 g/mol. The quantitative estimate of drug-likeness (QED) is 0.372. The van der Waals surface area contributed by atoms with Gasteiger partial charge in [-0.05, 0) is 0 Å². The molecule has 0 saturated heterocycles. The number of hydrogen-bond acceptors (Lipinski definition) is 3. The van der Waals surface area contributed by atoms with Crippen molar-refractivity contribution in [3.63, 3.8) is 0 Å². The Hall–Kier alpha value is -0.770. The molecule has 6 heavy (non-hydrogen) atoms. The van der Waals surface area contributed by atoms with E-state index in [1.807, 2.05) is 0 Å². The van der Waals surface area contributed by atoms with Gasteiger partial charge in [-0.25, -0.2) is 4.79 Å². The zero-order valence-corrected chi connectivity index (χ0v) is 3.17. The first-order chi connectivity index (χ1) is 2.77. The minimum absolute atomic E-state index is 1.12. The summed E-state index contributed by atoms with van der Waals surface area (Å²) in [6.45, 7) is 0. The van der Waals surface area contributed by atoms with Crippen LogP contribution in [-0.4, -0.2) is 18.4 Å². The maximum absolute atomic E-state index is 9.25. The van der Waals surface area contributed by atoms with E-state index in [4.69, 9.17) is 5.11 Å². The fourth-order valence-electron chi connectivity index (χ4n) is 0.0713. The molecule has 0 rings (SSSR count). The zero-order valence-electron chi connectivity index (χ0n) is 3.17. The van der Waals surface area contributed by atoms with Gasteiger partial charge < -0.3 is 5.11 Å². The Morgan fingerprint density at radius 1 is 1.83 bits per heavy atom. The van der Waals surface area contributed by atoms with Gasteiger partial charge in [-0.1, -0.05) is 0 Å². The van der Waals surface area contributed by atoms with Gasteiger partial charge in [0.05, 0.1) is 7.11 Å².